The molecule has 0 bridgehead atoms. The van der Waals surface area contributed by atoms with Gasteiger partial charge in [-0.2, -0.15) is 0 Å². The maximum atomic E-state index is 13.1. The quantitative estimate of drug-likeness (QED) is 0.729. The van der Waals surface area contributed by atoms with Gasteiger partial charge in [0.15, 0.2) is 0 Å². The molecule has 2 N–H and O–H groups in total. The van der Waals surface area contributed by atoms with E-state index in [0.29, 0.717) is 42.8 Å². The Kier molecular flexibility index (Phi) is 5.15. The van der Waals surface area contributed by atoms with E-state index < -0.39 is 16.0 Å². The molecule has 1 fully saturated rings. The van der Waals surface area contributed by atoms with Crippen LogP contribution in [0, 0.1) is 0 Å². The summed E-state index contributed by atoms with van der Waals surface area (Å²) in [6.45, 7) is 0.592. The molecule has 9 heteroatoms. The summed E-state index contributed by atoms with van der Waals surface area (Å²) in [5, 5.41) is 9.36. The Balaban J connectivity index is 1.69. The van der Waals surface area contributed by atoms with Crippen LogP contribution >= 0.6 is 0 Å². The predicted molar refractivity (Wildman–Crippen MR) is 111 cm³/mol. The summed E-state index contributed by atoms with van der Waals surface area (Å²) in [5.41, 5.74) is 2.25. The van der Waals surface area contributed by atoms with Gasteiger partial charge in [-0.3, -0.25) is 9.52 Å². The number of amides is 1. The summed E-state index contributed by atoms with van der Waals surface area (Å²) >= 11 is 0. The first kappa shape index (κ1) is 20.2. The van der Waals surface area contributed by atoms with Crippen molar-refractivity contribution >= 4 is 33.3 Å². The highest BCUT2D eigenvalue weighted by Crippen LogP contribution is 2.36. The second-order valence-electron chi connectivity index (χ2n) is 7.41. The van der Waals surface area contributed by atoms with E-state index in [1.165, 1.54) is 19.2 Å². The molecule has 2 aromatic rings. The molecule has 2 aliphatic rings. The first-order valence-electron chi connectivity index (χ1n) is 9.70. The van der Waals surface area contributed by atoms with Gasteiger partial charge in [-0.05, 0) is 61.1 Å². The van der Waals surface area contributed by atoms with Crippen molar-refractivity contribution in [3.05, 3.63) is 47.0 Å². The van der Waals surface area contributed by atoms with Gasteiger partial charge in [0.1, 0.15) is 5.75 Å². The number of carbonyl (C=O) groups is 2. The van der Waals surface area contributed by atoms with E-state index in [1.807, 2.05) is 0 Å². The lowest BCUT2D eigenvalue weighted by atomic mass is 10.1. The molecule has 0 unspecified atom stereocenters. The van der Waals surface area contributed by atoms with Crippen molar-refractivity contribution < 1.29 is 27.9 Å². The smallest absolute Gasteiger partial charge is 0.335 e. The van der Waals surface area contributed by atoms with Gasteiger partial charge in [0, 0.05) is 19.0 Å². The van der Waals surface area contributed by atoms with Crippen molar-refractivity contribution in [3.63, 3.8) is 0 Å². The molecule has 8 nitrogen and oxygen atoms in total. The van der Waals surface area contributed by atoms with Crippen LogP contribution in [-0.4, -0.2) is 39.1 Å². The van der Waals surface area contributed by atoms with E-state index in [-0.39, 0.29) is 22.1 Å². The normalized spacial score (nSPS) is 15.9. The minimum absolute atomic E-state index is 0.00248. The molecule has 1 aliphatic carbocycles. The van der Waals surface area contributed by atoms with Crippen LogP contribution in [0.2, 0.25) is 0 Å². The maximum absolute atomic E-state index is 13.1. The van der Waals surface area contributed by atoms with E-state index in [1.54, 1.807) is 23.1 Å². The second-order valence-corrected chi connectivity index (χ2v) is 9.06. The largest absolute Gasteiger partial charge is 0.494 e. The summed E-state index contributed by atoms with van der Waals surface area (Å²) in [4.78, 5) is 25.1. The first-order valence-corrected chi connectivity index (χ1v) is 11.2. The molecule has 0 spiro atoms. The Bertz CT molecular complexity index is 1140. The summed E-state index contributed by atoms with van der Waals surface area (Å²) in [7, 11) is -2.55. The highest BCUT2D eigenvalue weighted by atomic mass is 32.2. The Morgan fingerprint density at radius 3 is 2.60 bits per heavy atom. The number of carboxylic acid groups (broad SMARTS) is 1. The van der Waals surface area contributed by atoms with Gasteiger partial charge in [-0.1, -0.05) is 0 Å². The molecule has 1 amide bonds. The summed E-state index contributed by atoms with van der Waals surface area (Å²) in [6.07, 6.45) is 3.27. The maximum Gasteiger partial charge on any atom is 0.335 e. The zero-order valence-electron chi connectivity index (χ0n) is 16.5. The number of carboxylic acids is 1. The molecule has 0 atom stereocenters. The Morgan fingerprint density at radius 1 is 1.13 bits per heavy atom. The van der Waals surface area contributed by atoms with Crippen LogP contribution in [0.15, 0.2) is 35.2 Å². The van der Waals surface area contributed by atoms with Crippen LogP contribution in [0.4, 0.5) is 11.4 Å². The SMILES string of the molecule is COc1cc(NS(=O)(=O)c2cc(C(=O)O)cc3c2CCC3)ccc1N1CCCC1=O. The van der Waals surface area contributed by atoms with Gasteiger partial charge in [0.25, 0.3) is 10.0 Å². The number of benzene rings is 2. The monoisotopic (exact) mass is 430 g/mol. The number of aromatic carboxylic acids is 1. The molecule has 1 aliphatic heterocycles. The Hall–Kier alpha value is -3.07. The van der Waals surface area contributed by atoms with E-state index >= 15 is 0 Å². The van der Waals surface area contributed by atoms with Crippen LogP contribution in [0.3, 0.4) is 0 Å². The third kappa shape index (κ3) is 3.60. The standard InChI is InChI=1S/C21H22N2O6S/c1-29-18-12-15(7-8-17(18)23-9-3-6-20(23)24)22-30(27,28)19-11-14(21(25)26)10-13-4-2-5-16(13)19/h7-8,10-12,22H,2-6,9H2,1H3,(H,25,26). The molecule has 0 aromatic heterocycles. The number of anilines is 2. The van der Waals surface area contributed by atoms with E-state index in [9.17, 15) is 23.1 Å². The number of fused-ring (bicyclic) bond motifs is 1. The highest BCUT2D eigenvalue weighted by molar-refractivity contribution is 7.92. The first-order chi connectivity index (χ1) is 14.3. The average molecular weight is 430 g/mol. The molecule has 0 radical (unpaired) electrons. The number of nitrogens with one attached hydrogen (secondary N) is 1. The van der Waals surface area contributed by atoms with Crippen molar-refractivity contribution in [2.75, 3.05) is 23.3 Å². The molecule has 4 rings (SSSR count). The number of aryl methyl sites for hydroxylation is 1. The van der Waals surface area contributed by atoms with Gasteiger partial charge >= 0.3 is 5.97 Å². The number of rotatable bonds is 6. The fourth-order valence-electron chi connectivity index (χ4n) is 4.11. The average Bonchev–Trinajstić information content (AvgIpc) is 3.35. The third-order valence-electron chi connectivity index (χ3n) is 5.51. The number of sulfonamides is 1. The summed E-state index contributed by atoms with van der Waals surface area (Å²) in [6, 6.07) is 7.51. The van der Waals surface area contributed by atoms with Crippen LogP contribution in [0.5, 0.6) is 5.75 Å². The molecular weight excluding hydrogens is 408 g/mol. The number of nitrogens with zero attached hydrogens (tertiary/aromatic N) is 1. The lowest BCUT2D eigenvalue weighted by Crippen LogP contribution is -2.24. The van der Waals surface area contributed by atoms with Gasteiger partial charge in [0.2, 0.25) is 5.91 Å². The fraction of sp³-hybridized carbons (Fsp3) is 0.333. The van der Waals surface area contributed by atoms with Crippen molar-refractivity contribution in [1.82, 2.24) is 0 Å². The van der Waals surface area contributed by atoms with Crippen LogP contribution in [0.1, 0.15) is 40.7 Å². The molecule has 1 saturated heterocycles. The van der Waals surface area contributed by atoms with E-state index in [4.69, 9.17) is 4.74 Å². The molecule has 158 valence electrons. The Labute approximate surface area is 174 Å². The molecule has 30 heavy (non-hydrogen) atoms. The van der Waals surface area contributed by atoms with Gasteiger partial charge in [-0.25, -0.2) is 13.2 Å². The van der Waals surface area contributed by atoms with Crippen molar-refractivity contribution in [2.45, 2.75) is 37.0 Å². The van der Waals surface area contributed by atoms with Crippen molar-refractivity contribution in [2.24, 2.45) is 0 Å². The number of hydrogen-bond acceptors (Lipinski definition) is 5. The lowest BCUT2D eigenvalue weighted by molar-refractivity contribution is -0.117. The second kappa shape index (κ2) is 7.64. The third-order valence-corrected chi connectivity index (χ3v) is 6.95. The molecule has 2 aromatic carbocycles. The minimum Gasteiger partial charge on any atom is -0.494 e. The van der Waals surface area contributed by atoms with Crippen LogP contribution < -0.4 is 14.4 Å². The zero-order chi connectivity index (χ0) is 21.5. The van der Waals surface area contributed by atoms with Crippen LogP contribution in [0.25, 0.3) is 0 Å². The molecular formula is C21H22N2O6S. The lowest BCUT2D eigenvalue weighted by Gasteiger charge is -2.20. The molecule has 1 heterocycles. The fourth-order valence-corrected chi connectivity index (χ4v) is 5.49. The highest BCUT2D eigenvalue weighted by Gasteiger charge is 2.28. The number of ether oxygens (including phenoxy) is 1. The van der Waals surface area contributed by atoms with Crippen molar-refractivity contribution in [3.8, 4) is 5.75 Å². The predicted octanol–water partition coefficient (Wildman–Crippen LogP) is 2.81. The van der Waals surface area contributed by atoms with E-state index in [0.717, 1.165) is 18.4 Å². The molecule has 0 saturated carbocycles. The van der Waals surface area contributed by atoms with Gasteiger partial charge in [0.05, 0.1) is 28.9 Å². The van der Waals surface area contributed by atoms with E-state index in [2.05, 4.69) is 4.72 Å². The summed E-state index contributed by atoms with van der Waals surface area (Å²) in [5.74, 6) is -0.778. The number of hydrogen-bond donors (Lipinski definition) is 2. The zero-order valence-corrected chi connectivity index (χ0v) is 17.3. The number of methoxy groups -OCH3 is 1. The van der Waals surface area contributed by atoms with Gasteiger partial charge in [-0.15, -0.1) is 0 Å². The minimum atomic E-state index is -4.01. The summed E-state index contributed by atoms with van der Waals surface area (Å²) < 4.78 is 34.2. The number of carbonyl (C=O) groups excluding carboxylic acids is 1. The van der Waals surface area contributed by atoms with Gasteiger partial charge < -0.3 is 14.7 Å². The van der Waals surface area contributed by atoms with Crippen molar-refractivity contribution in [1.29, 1.82) is 0 Å². The van der Waals surface area contributed by atoms with Crippen LogP contribution in [-0.2, 0) is 27.7 Å². The Morgan fingerprint density at radius 2 is 1.93 bits per heavy atom. The topological polar surface area (TPSA) is 113 Å².